The minimum absolute atomic E-state index is 0.385. The van der Waals surface area contributed by atoms with Gasteiger partial charge in [-0.3, -0.25) is 0 Å². The van der Waals surface area contributed by atoms with Gasteiger partial charge in [0.05, 0.1) is 6.04 Å². The van der Waals surface area contributed by atoms with Crippen molar-refractivity contribution in [2.24, 2.45) is 7.05 Å². The number of fused-ring (bicyclic) bond motifs is 3. The Kier molecular flexibility index (Phi) is 4.07. The largest absolute Gasteiger partial charge is 0.367 e. The van der Waals surface area contributed by atoms with Gasteiger partial charge in [0.15, 0.2) is 0 Å². The van der Waals surface area contributed by atoms with Crippen LogP contribution in [0.1, 0.15) is 33.9 Å². The summed E-state index contributed by atoms with van der Waals surface area (Å²) in [6, 6.07) is 20.7. The van der Waals surface area contributed by atoms with Gasteiger partial charge in [0, 0.05) is 59.0 Å². The Hall–Kier alpha value is -3.46. The van der Waals surface area contributed by atoms with E-state index in [4.69, 9.17) is 0 Å². The maximum absolute atomic E-state index is 3.70. The third-order valence-corrected chi connectivity index (χ3v) is 7.73. The zero-order valence-electron chi connectivity index (χ0n) is 19.5. The third kappa shape index (κ3) is 2.60. The van der Waals surface area contributed by atoms with E-state index in [9.17, 15) is 0 Å². The Labute approximate surface area is 189 Å². The second kappa shape index (κ2) is 6.77. The van der Waals surface area contributed by atoms with Crippen molar-refractivity contribution in [2.45, 2.75) is 33.2 Å². The van der Waals surface area contributed by atoms with Crippen LogP contribution in [0.5, 0.6) is 0 Å². The van der Waals surface area contributed by atoms with Crippen molar-refractivity contribution >= 4 is 27.5 Å². The molecule has 6 rings (SSSR count). The summed E-state index contributed by atoms with van der Waals surface area (Å²) < 4.78 is 2.19. The minimum atomic E-state index is 0.385. The minimum Gasteiger partial charge on any atom is -0.367 e. The zero-order chi connectivity index (χ0) is 22.1. The maximum atomic E-state index is 3.70. The Morgan fingerprint density at radius 3 is 2.53 bits per heavy atom. The molecule has 5 aromatic rings. The Bertz CT molecular complexity index is 1520. The number of aromatic nitrogens is 2. The number of nitrogens with zero attached hydrogens (tertiary/aromatic N) is 2. The summed E-state index contributed by atoms with van der Waals surface area (Å²) in [6.07, 6.45) is 3.22. The van der Waals surface area contributed by atoms with Gasteiger partial charge in [0.25, 0.3) is 0 Å². The predicted molar refractivity (Wildman–Crippen MR) is 136 cm³/mol. The lowest BCUT2D eigenvalue weighted by molar-refractivity contribution is 0.711. The zero-order valence-corrected chi connectivity index (χ0v) is 19.5. The molecule has 0 spiro atoms. The molecule has 32 heavy (non-hydrogen) atoms. The van der Waals surface area contributed by atoms with Gasteiger partial charge in [-0.15, -0.1) is 0 Å². The molecular formula is C29H29N3. The smallest absolute Gasteiger partial charge is 0.0583 e. The van der Waals surface area contributed by atoms with E-state index >= 15 is 0 Å². The first-order chi connectivity index (χ1) is 15.4. The van der Waals surface area contributed by atoms with Crippen LogP contribution in [0.15, 0.2) is 60.8 Å². The molecule has 0 bridgehead atoms. The predicted octanol–water partition coefficient (Wildman–Crippen LogP) is 6.99. The molecule has 0 radical (unpaired) electrons. The molecule has 1 aliphatic rings. The lowest BCUT2D eigenvalue weighted by Crippen LogP contribution is -2.20. The molecule has 3 heteroatoms. The monoisotopic (exact) mass is 419 g/mol. The van der Waals surface area contributed by atoms with E-state index in [1.165, 1.54) is 66.6 Å². The average Bonchev–Trinajstić information content (AvgIpc) is 3.47. The number of aryl methyl sites for hydroxylation is 4. The van der Waals surface area contributed by atoms with Crippen molar-refractivity contribution in [3.63, 3.8) is 0 Å². The summed E-state index contributed by atoms with van der Waals surface area (Å²) in [5.41, 5.74) is 13.4. The molecule has 0 aliphatic carbocycles. The van der Waals surface area contributed by atoms with Crippen LogP contribution >= 0.6 is 0 Å². The second-order valence-electron chi connectivity index (χ2n) is 9.43. The molecule has 2 aromatic heterocycles. The third-order valence-electron chi connectivity index (χ3n) is 7.73. The van der Waals surface area contributed by atoms with E-state index in [1.54, 1.807) is 0 Å². The van der Waals surface area contributed by atoms with Gasteiger partial charge >= 0.3 is 0 Å². The molecule has 3 aromatic carbocycles. The van der Waals surface area contributed by atoms with Gasteiger partial charge in [0.1, 0.15) is 0 Å². The molecule has 0 saturated carbocycles. The highest BCUT2D eigenvalue weighted by Gasteiger charge is 2.30. The fraction of sp³-hybridized carbons (Fsp3) is 0.241. The first-order valence-corrected chi connectivity index (χ1v) is 11.4. The van der Waals surface area contributed by atoms with Gasteiger partial charge in [0.2, 0.25) is 0 Å². The number of benzene rings is 3. The number of H-pyrrole nitrogens is 1. The number of likely N-dealkylation sites (N-methyl/N-ethyl adjacent to an activating group) is 1. The number of rotatable bonds is 2. The van der Waals surface area contributed by atoms with Gasteiger partial charge in [-0.25, -0.2) is 0 Å². The lowest BCUT2D eigenvalue weighted by atomic mass is 9.94. The highest BCUT2D eigenvalue weighted by molar-refractivity contribution is 5.94. The summed E-state index contributed by atoms with van der Waals surface area (Å²) in [5, 5.41) is 2.65. The number of aromatic amines is 1. The standard InChI is InChI=1S/C29H29N3/c1-17-7-6-8-28-23(17)16-29(32(28)5)21-9-11-25-24(19(21)3)15-26(30-25)20-10-12-27-22(18(20)2)13-14-31(27)4/h6-15,29-30H,16H2,1-5H3. The number of nitrogens with one attached hydrogen (secondary N) is 1. The highest BCUT2D eigenvalue weighted by Crippen LogP contribution is 2.43. The van der Waals surface area contributed by atoms with Crippen LogP contribution in [0.2, 0.25) is 0 Å². The molecule has 0 amide bonds. The maximum Gasteiger partial charge on any atom is 0.0583 e. The first kappa shape index (κ1) is 19.2. The molecule has 3 heterocycles. The van der Waals surface area contributed by atoms with E-state index in [-0.39, 0.29) is 0 Å². The molecule has 0 saturated heterocycles. The average molecular weight is 420 g/mol. The summed E-state index contributed by atoms with van der Waals surface area (Å²) in [7, 11) is 4.34. The van der Waals surface area contributed by atoms with Crippen molar-refractivity contribution < 1.29 is 0 Å². The van der Waals surface area contributed by atoms with Gasteiger partial charge < -0.3 is 14.5 Å². The SMILES string of the molecule is Cc1cccc2c1CC(c1ccc3[nH]c(-c4ccc5c(ccn5C)c4C)cc3c1C)N2C. The summed E-state index contributed by atoms with van der Waals surface area (Å²) in [6.45, 7) is 6.75. The second-order valence-corrected chi connectivity index (χ2v) is 9.43. The van der Waals surface area contributed by atoms with Crippen molar-refractivity contribution in [1.29, 1.82) is 0 Å². The Morgan fingerprint density at radius 1 is 0.875 bits per heavy atom. The van der Waals surface area contributed by atoms with Crippen LogP contribution in [0, 0.1) is 20.8 Å². The fourth-order valence-corrected chi connectivity index (χ4v) is 5.76. The van der Waals surface area contributed by atoms with E-state index in [0.29, 0.717) is 6.04 Å². The number of hydrogen-bond acceptors (Lipinski definition) is 1. The molecule has 1 unspecified atom stereocenters. The van der Waals surface area contributed by atoms with E-state index in [1.807, 2.05) is 0 Å². The fourth-order valence-electron chi connectivity index (χ4n) is 5.76. The van der Waals surface area contributed by atoms with Crippen LogP contribution in [0.25, 0.3) is 33.1 Å². The summed E-state index contributed by atoms with van der Waals surface area (Å²) in [4.78, 5) is 6.16. The van der Waals surface area contributed by atoms with Crippen LogP contribution in [-0.2, 0) is 13.5 Å². The number of hydrogen-bond donors (Lipinski definition) is 1. The summed E-state index contributed by atoms with van der Waals surface area (Å²) >= 11 is 0. The Morgan fingerprint density at radius 2 is 1.72 bits per heavy atom. The molecule has 1 aliphatic heterocycles. The van der Waals surface area contributed by atoms with Crippen LogP contribution in [0.3, 0.4) is 0 Å². The van der Waals surface area contributed by atoms with E-state index < -0.39 is 0 Å². The van der Waals surface area contributed by atoms with Crippen LogP contribution < -0.4 is 4.90 Å². The molecular weight excluding hydrogens is 390 g/mol. The van der Waals surface area contributed by atoms with Gasteiger partial charge in [-0.05, 0) is 85.3 Å². The summed E-state index contributed by atoms with van der Waals surface area (Å²) in [5.74, 6) is 0. The van der Waals surface area contributed by atoms with Crippen LogP contribution in [-0.4, -0.2) is 16.6 Å². The van der Waals surface area contributed by atoms with Crippen molar-refractivity contribution in [3.05, 3.63) is 88.6 Å². The molecule has 0 fully saturated rings. The number of anilines is 1. The van der Waals surface area contributed by atoms with Crippen LogP contribution in [0.4, 0.5) is 5.69 Å². The molecule has 1 N–H and O–H groups in total. The van der Waals surface area contributed by atoms with Crippen molar-refractivity contribution in [2.75, 3.05) is 11.9 Å². The van der Waals surface area contributed by atoms with Crippen molar-refractivity contribution in [1.82, 2.24) is 9.55 Å². The Balaban J connectivity index is 1.45. The van der Waals surface area contributed by atoms with E-state index in [0.717, 1.165) is 6.42 Å². The van der Waals surface area contributed by atoms with Gasteiger partial charge in [-0.2, -0.15) is 0 Å². The topological polar surface area (TPSA) is 24.0 Å². The lowest BCUT2D eigenvalue weighted by Gasteiger charge is -2.24. The molecule has 3 nitrogen and oxygen atoms in total. The normalized spacial score (nSPS) is 15.8. The highest BCUT2D eigenvalue weighted by atomic mass is 15.2. The molecule has 160 valence electrons. The van der Waals surface area contributed by atoms with E-state index in [2.05, 4.69) is 110 Å². The quantitative estimate of drug-likeness (QED) is 0.328. The van der Waals surface area contributed by atoms with Gasteiger partial charge in [-0.1, -0.05) is 24.3 Å². The van der Waals surface area contributed by atoms with Crippen molar-refractivity contribution in [3.8, 4) is 11.3 Å². The molecule has 1 atom stereocenters. The first-order valence-electron chi connectivity index (χ1n) is 11.4.